The van der Waals surface area contributed by atoms with E-state index in [1.807, 2.05) is 0 Å². The highest BCUT2D eigenvalue weighted by Gasteiger charge is 2.24. The second-order valence-corrected chi connectivity index (χ2v) is 5.39. The van der Waals surface area contributed by atoms with Gasteiger partial charge in [-0.1, -0.05) is 24.3 Å². The number of rotatable bonds is 5. The summed E-state index contributed by atoms with van der Waals surface area (Å²) in [6, 6.07) is 14.5. The maximum absolute atomic E-state index is 12.7. The number of benzene rings is 2. The largest absolute Gasteiger partial charge is 0.507 e. The molecular weight excluding hydrogens is 336 g/mol. The van der Waals surface area contributed by atoms with Crippen molar-refractivity contribution in [2.24, 2.45) is 0 Å². The fraction of sp³-hybridized carbons (Fsp3) is 0.100. The maximum atomic E-state index is 12.7. The highest BCUT2D eigenvalue weighted by molar-refractivity contribution is 6.12. The lowest BCUT2D eigenvalue weighted by Crippen LogP contribution is -2.16. The van der Waals surface area contributed by atoms with Crippen molar-refractivity contribution in [1.82, 2.24) is 0 Å². The molecule has 1 N–H and O–H groups in total. The molecular formula is C20H16O6. The van der Waals surface area contributed by atoms with Crippen LogP contribution in [-0.2, 0) is 0 Å². The summed E-state index contributed by atoms with van der Waals surface area (Å²) < 4.78 is 15.6. The lowest BCUT2D eigenvalue weighted by molar-refractivity contribution is 0.102. The summed E-state index contributed by atoms with van der Waals surface area (Å²) in [5.74, 6) is -0.288. The molecule has 2 aromatic carbocycles. The molecule has 0 saturated heterocycles. The molecule has 3 aromatic rings. The third-order valence-electron chi connectivity index (χ3n) is 3.88. The zero-order valence-electron chi connectivity index (χ0n) is 14.2. The Hall–Kier alpha value is -3.54. The summed E-state index contributed by atoms with van der Waals surface area (Å²) in [7, 11) is 2.90. The molecule has 6 heteroatoms. The van der Waals surface area contributed by atoms with E-state index in [9.17, 15) is 14.7 Å². The third-order valence-corrected chi connectivity index (χ3v) is 3.88. The number of ketones is 1. The molecule has 0 bridgehead atoms. The first-order valence-corrected chi connectivity index (χ1v) is 7.75. The van der Waals surface area contributed by atoms with Crippen LogP contribution in [0.4, 0.5) is 0 Å². The summed E-state index contributed by atoms with van der Waals surface area (Å²) in [5.41, 5.74) is -0.753. The van der Waals surface area contributed by atoms with Gasteiger partial charge in [0.2, 0.25) is 5.78 Å². The number of hydrogen-bond donors (Lipinski definition) is 1. The third kappa shape index (κ3) is 3.04. The van der Waals surface area contributed by atoms with Crippen LogP contribution < -0.4 is 15.1 Å². The Morgan fingerprint density at radius 2 is 1.58 bits per heavy atom. The number of carbonyl (C=O) groups excluding carboxylic acids is 1. The van der Waals surface area contributed by atoms with Gasteiger partial charge in [0.25, 0.3) is 0 Å². The van der Waals surface area contributed by atoms with E-state index < -0.39 is 22.7 Å². The first kappa shape index (κ1) is 17.3. The van der Waals surface area contributed by atoms with Gasteiger partial charge in [-0.05, 0) is 24.3 Å². The van der Waals surface area contributed by atoms with Gasteiger partial charge in [-0.3, -0.25) is 4.79 Å². The van der Waals surface area contributed by atoms with Crippen molar-refractivity contribution in [2.75, 3.05) is 14.2 Å². The van der Waals surface area contributed by atoms with E-state index in [1.165, 1.54) is 26.4 Å². The van der Waals surface area contributed by atoms with E-state index in [4.69, 9.17) is 13.9 Å². The van der Waals surface area contributed by atoms with E-state index >= 15 is 0 Å². The zero-order chi connectivity index (χ0) is 18.7. The van der Waals surface area contributed by atoms with Crippen LogP contribution in [-0.4, -0.2) is 25.1 Å². The molecule has 0 saturated carbocycles. The topological polar surface area (TPSA) is 86.0 Å². The predicted molar refractivity (Wildman–Crippen MR) is 95.1 cm³/mol. The van der Waals surface area contributed by atoms with Gasteiger partial charge in [0.1, 0.15) is 28.6 Å². The summed E-state index contributed by atoms with van der Waals surface area (Å²) in [5, 5.41) is 10.3. The molecule has 0 unspecified atom stereocenters. The van der Waals surface area contributed by atoms with Crippen LogP contribution >= 0.6 is 0 Å². The van der Waals surface area contributed by atoms with Gasteiger partial charge in [0.15, 0.2) is 0 Å². The standard InChI is InChI=1S/C20H16O6/c1-24-15-9-5-3-7-12(15)17-11-14(21)18(20(23)26-17)19(22)13-8-4-6-10-16(13)25-2/h3-11,21H,1-2H3. The Labute approximate surface area is 149 Å². The average Bonchev–Trinajstić information content (AvgIpc) is 2.67. The van der Waals surface area contributed by atoms with Crippen LogP contribution in [0.3, 0.4) is 0 Å². The number of para-hydroxylation sites is 2. The molecule has 0 aliphatic heterocycles. The summed E-state index contributed by atoms with van der Waals surface area (Å²) in [4.78, 5) is 25.1. The monoisotopic (exact) mass is 352 g/mol. The quantitative estimate of drug-likeness (QED) is 0.709. The molecule has 6 nitrogen and oxygen atoms in total. The molecule has 0 radical (unpaired) electrons. The highest BCUT2D eigenvalue weighted by Crippen LogP contribution is 2.32. The van der Waals surface area contributed by atoms with E-state index in [-0.39, 0.29) is 11.3 Å². The molecule has 0 aliphatic carbocycles. The summed E-state index contributed by atoms with van der Waals surface area (Å²) >= 11 is 0. The van der Waals surface area contributed by atoms with E-state index in [1.54, 1.807) is 42.5 Å². The van der Waals surface area contributed by atoms with Gasteiger partial charge in [-0.15, -0.1) is 0 Å². The highest BCUT2D eigenvalue weighted by atomic mass is 16.5. The molecule has 0 amide bonds. The Kier molecular flexibility index (Phi) is 4.75. The summed E-state index contributed by atoms with van der Waals surface area (Å²) in [6.45, 7) is 0. The van der Waals surface area contributed by atoms with Crippen LogP contribution in [0.15, 0.2) is 63.8 Å². The lowest BCUT2D eigenvalue weighted by atomic mass is 10.0. The van der Waals surface area contributed by atoms with E-state index in [2.05, 4.69) is 0 Å². The van der Waals surface area contributed by atoms with Crippen LogP contribution in [0.25, 0.3) is 11.3 Å². The van der Waals surface area contributed by atoms with Crippen molar-refractivity contribution in [1.29, 1.82) is 0 Å². The molecule has 0 atom stereocenters. The zero-order valence-corrected chi connectivity index (χ0v) is 14.2. The molecule has 0 fully saturated rings. The van der Waals surface area contributed by atoms with Crippen LogP contribution in [0, 0.1) is 0 Å². The lowest BCUT2D eigenvalue weighted by Gasteiger charge is -2.10. The van der Waals surface area contributed by atoms with Crippen molar-refractivity contribution in [3.63, 3.8) is 0 Å². The van der Waals surface area contributed by atoms with Crippen molar-refractivity contribution >= 4 is 5.78 Å². The number of hydrogen-bond acceptors (Lipinski definition) is 6. The van der Waals surface area contributed by atoms with Crippen LogP contribution in [0.5, 0.6) is 17.2 Å². The van der Waals surface area contributed by atoms with Gasteiger partial charge in [0.05, 0.1) is 25.3 Å². The number of ether oxygens (including phenoxy) is 2. The fourth-order valence-corrected chi connectivity index (χ4v) is 2.64. The first-order chi connectivity index (χ1) is 12.6. The Balaban J connectivity index is 2.11. The molecule has 1 heterocycles. The van der Waals surface area contributed by atoms with Gasteiger partial charge in [0, 0.05) is 6.07 Å². The SMILES string of the molecule is COc1ccccc1C(=O)c1c(O)cc(-c2ccccc2OC)oc1=O. The minimum atomic E-state index is -0.943. The van der Waals surface area contributed by atoms with Gasteiger partial charge < -0.3 is 19.0 Å². The molecule has 26 heavy (non-hydrogen) atoms. The van der Waals surface area contributed by atoms with E-state index in [0.717, 1.165) is 0 Å². The average molecular weight is 352 g/mol. The Morgan fingerprint density at radius 3 is 2.23 bits per heavy atom. The molecule has 132 valence electrons. The number of methoxy groups -OCH3 is 2. The second-order valence-electron chi connectivity index (χ2n) is 5.39. The van der Waals surface area contributed by atoms with Gasteiger partial charge in [-0.2, -0.15) is 0 Å². The number of aromatic hydroxyl groups is 1. The first-order valence-electron chi connectivity index (χ1n) is 7.75. The molecule has 3 rings (SSSR count). The van der Waals surface area contributed by atoms with Crippen LogP contribution in [0.1, 0.15) is 15.9 Å². The predicted octanol–water partition coefficient (Wildman–Crippen LogP) is 3.26. The fourth-order valence-electron chi connectivity index (χ4n) is 2.64. The Bertz CT molecular complexity index is 1020. The summed E-state index contributed by atoms with van der Waals surface area (Å²) in [6.07, 6.45) is 0. The second kappa shape index (κ2) is 7.14. The van der Waals surface area contributed by atoms with Gasteiger partial charge >= 0.3 is 5.63 Å². The van der Waals surface area contributed by atoms with Crippen molar-refractivity contribution < 1.29 is 23.8 Å². The minimum Gasteiger partial charge on any atom is -0.507 e. The smallest absolute Gasteiger partial charge is 0.351 e. The van der Waals surface area contributed by atoms with Crippen molar-refractivity contribution in [2.45, 2.75) is 0 Å². The van der Waals surface area contributed by atoms with Crippen molar-refractivity contribution in [3.8, 4) is 28.6 Å². The maximum Gasteiger partial charge on any atom is 0.351 e. The van der Waals surface area contributed by atoms with E-state index in [0.29, 0.717) is 17.1 Å². The van der Waals surface area contributed by atoms with Gasteiger partial charge in [-0.25, -0.2) is 4.79 Å². The minimum absolute atomic E-state index is 0.0986. The van der Waals surface area contributed by atoms with Crippen LogP contribution in [0.2, 0.25) is 0 Å². The van der Waals surface area contributed by atoms with Crippen molar-refractivity contribution in [3.05, 3.63) is 76.1 Å². The molecule has 0 aliphatic rings. The molecule has 0 spiro atoms. The number of carbonyl (C=O) groups is 1. The molecule has 1 aromatic heterocycles. The Morgan fingerprint density at radius 1 is 0.962 bits per heavy atom. The normalized spacial score (nSPS) is 10.4.